The number of rotatable bonds is 3. The van der Waals surface area contributed by atoms with Crippen molar-refractivity contribution in [3.05, 3.63) is 52.0 Å². The molecule has 0 amide bonds. The quantitative estimate of drug-likeness (QED) is 0.673. The van der Waals surface area contributed by atoms with Crippen LogP contribution in [0.15, 0.2) is 35.1 Å². The lowest BCUT2D eigenvalue weighted by atomic mass is 10.0. The third-order valence-corrected chi connectivity index (χ3v) is 3.33. The summed E-state index contributed by atoms with van der Waals surface area (Å²) >= 11 is 3.48. The summed E-state index contributed by atoms with van der Waals surface area (Å²) < 4.78 is 3.00. The molecule has 2 aromatic rings. The van der Waals surface area contributed by atoms with Crippen molar-refractivity contribution < 1.29 is 0 Å². The van der Waals surface area contributed by atoms with E-state index in [0.717, 1.165) is 15.9 Å². The Labute approximate surface area is 109 Å². The average molecular weight is 295 g/mol. The second-order valence-electron chi connectivity index (χ2n) is 4.00. The van der Waals surface area contributed by atoms with Crippen LogP contribution in [-0.4, -0.2) is 9.55 Å². The minimum Gasteiger partial charge on any atom is -0.336 e. The zero-order chi connectivity index (χ0) is 12.4. The second kappa shape index (κ2) is 5.00. The molecule has 0 radical (unpaired) electrons. The normalized spacial score (nSPS) is 12.7. The maximum Gasteiger partial charge on any atom is 0.131 e. The maximum atomic E-state index is 5.67. The minimum atomic E-state index is -0.104. The molecule has 90 valence electrons. The number of nitrogens with two attached hydrogens (primary N) is 1. The fourth-order valence-electron chi connectivity index (χ4n) is 1.88. The lowest BCUT2D eigenvalue weighted by molar-refractivity contribution is 0.577. The molecule has 0 fully saturated rings. The van der Waals surface area contributed by atoms with Crippen LogP contribution in [0.3, 0.4) is 0 Å². The molecular formula is C12H15BrN4. The molecule has 1 aromatic heterocycles. The van der Waals surface area contributed by atoms with Gasteiger partial charge in [-0.05, 0) is 30.2 Å². The van der Waals surface area contributed by atoms with E-state index in [4.69, 9.17) is 5.84 Å². The van der Waals surface area contributed by atoms with Crippen LogP contribution in [0.1, 0.15) is 23.0 Å². The van der Waals surface area contributed by atoms with E-state index in [9.17, 15) is 0 Å². The highest BCUT2D eigenvalue weighted by molar-refractivity contribution is 9.10. The lowest BCUT2D eigenvalue weighted by Gasteiger charge is -2.18. The van der Waals surface area contributed by atoms with Crippen LogP contribution in [0.25, 0.3) is 0 Å². The number of imidazole rings is 1. The molecule has 1 aromatic carbocycles. The van der Waals surface area contributed by atoms with Crippen LogP contribution in [0.5, 0.6) is 0 Å². The summed E-state index contributed by atoms with van der Waals surface area (Å²) in [6, 6.07) is 6.04. The van der Waals surface area contributed by atoms with E-state index < -0.39 is 0 Å². The van der Waals surface area contributed by atoms with E-state index in [-0.39, 0.29) is 6.04 Å². The van der Waals surface area contributed by atoms with Crippen molar-refractivity contribution in [2.24, 2.45) is 12.9 Å². The fourth-order valence-corrected chi connectivity index (χ4v) is 2.26. The van der Waals surface area contributed by atoms with E-state index in [1.165, 1.54) is 5.56 Å². The van der Waals surface area contributed by atoms with Gasteiger partial charge in [-0.25, -0.2) is 10.4 Å². The average Bonchev–Trinajstić information content (AvgIpc) is 2.71. The predicted octanol–water partition coefficient (Wildman–Crippen LogP) is 2.04. The SMILES string of the molecule is Cc1ccc(Br)cc1C(NN)c1nccn1C. The zero-order valence-corrected chi connectivity index (χ0v) is 11.4. The van der Waals surface area contributed by atoms with E-state index in [0.29, 0.717) is 0 Å². The topological polar surface area (TPSA) is 55.9 Å². The molecule has 4 nitrogen and oxygen atoms in total. The molecule has 1 unspecified atom stereocenters. The molecule has 0 aliphatic carbocycles. The summed E-state index contributed by atoms with van der Waals surface area (Å²) in [6.07, 6.45) is 3.68. The Hall–Kier alpha value is -1.17. The molecule has 0 saturated heterocycles. The third-order valence-electron chi connectivity index (χ3n) is 2.84. The molecule has 5 heteroatoms. The Balaban J connectivity index is 2.49. The first-order valence-corrected chi connectivity index (χ1v) is 6.12. The van der Waals surface area contributed by atoms with Crippen molar-refractivity contribution in [3.63, 3.8) is 0 Å². The summed E-state index contributed by atoms with van der Waals surface area (Å²) in [5.74, 6) is 6.56. The highest BCUT2D eigenvalue weighted by atomic mass is 79.9. The number of aromatic nitrogens is 2. The van der Waals surface area contributed by atoms with Crippen molar-refractivity contribution in [3.8, 4) is 0 Å². The Kier molecular flexibility index (Phi) is 3.61. The van der Waals surface area contributed by atoms with Gasteiger partial charge in [0.2, 0.25) is 0 Å². The van der Waals surface area contributed by atoms with Crippen LogP contribution in [0.4, 0.5) is 0 Å². The number of nitrogens with zero attached hydrogens (tertiary/aromatic N) is 2. The fraction of sp³-hybridized carbons (Fsp3) is 0.250. The van der Waals surface area contributed by atoms with Gasteiger partial charge < -0.3 is 4.57 Å². The van der Waals surface area contributed by atoms with Crippen LogP contribution in [0, 0.1) is 6.92 Å². The zero-order valence-electron chi connectivity index (χ0n) is 9.81. The first-order chi connectivity index (χ1) is 8.13. The molecular weight excluding hydrogens is 280 g/mol. The molecule has 3 N–H and O–H groups in total. The Morgan fingerprint density at radius 2 is 2.24 bits per heavy atom. The van der Waals surface area contributed by atoms with Crippen LogP contribution >= 0.6 is 15.9 Å². The van der Waals surface area contributed by atoms with Gasteiger partial charge in [0.1, 0.15) is 11.9 Å². The number of hydrogen-bond donors (Lipinski definition) is 2. The van der Waals surface area contributed by atoms with Crippen molar-refractivity contribution in [1.82, 2.24) is 15.0 Å². The molecule has 0 saturated carbocycles. The van der Waals surface area contributed by atoms with Gasteiger partial charge in [-0.15, -0.1) is 0 Å². The molecule has 0 aliphatic heterocycles. The summed E-state index contributed by atoms with van der Waals surface area (Å²) in [5.41, 5.74) is 5.13. The van der Waals surface area contributed by atoms with Crippen molar-refractivity contribution in [1.29, 1.82) is 0 Å². The monoisotopic (exact) mass is 294 g/mol. The summed E-state index contributed by atoms with van der Waals surface area (Å²) in [4.78, 5) is 4.34. The Morgan fingerprint density at radius 1 is 1.47 bits per heavy atom. The first kappa shape index (κ1) is 12.3. The van der Waals surface area contributed by atoms with E-state index in [1.54, 1.807) is 6.20 Å². The predicted molar refractivity (Wildman–Crippen MR) is 71.3 cm³/mol. The second-order valence-corrected chi connectivity index (χ2v) is 4.91. The van der Waals surface area contributed by atoms with Gasteiger partial charge in [0.05, 0.1) is 0 Å². The van der Waals surface area contributed by atoms with Gasteiger partial charge in [0.15, 0.2) is 0 Å². The van der Waals surface area contributed by atoms with Crippen molar-refractivity contribution in [2.75, 3.05) is 0 Å². The molecule has 17 heavy (non-hydrogen) atoms. The largest absolute Gasteiger partial charge is 0.336 e. The number of hydrazine groups is 1. The summed E-state index contributed by atoms with van der Waals surface area (Å²) in [6.45, 7) is 2.06. The van der Waals surface area contributed by atoms with Crippen molar-refractivity contribution in [2.45, 2.75) is 13.0 Å². The van der Waals surface area contributed by atoms with Gasteiger partial charge >= 0.3 is 0 Å². The molecule has 0 aliphatic rings. The van der Waals surface area contributed by atoms with Crippen LogP contribution in [0.2, 0.25) is 0 Å². The summed E-state index contributed by atoms with van der Waals surface area (Å²) in [7, 11) is 1.96. The highest BCUT2D eigenvalue weighted by Gasteiger charge is 2.18. The minimum absolute atomic E-state index is 0.104. The van der Waals surface area contributed by atoms with Gasteiger partial charge in [-0.3, -0.25) is 5.84 Å². The van der Waals surface area contributed by atoms with Gasteiger partial charge in [-0.2, -0.15) is 0 Å². The molecule has 2 rings (SSSR count). The highest BCUT2D eigenvalue weighted by Crippen LogP contribution is 2.25. The number of halogens is 1. The Bertz CT molecular complexity index is 521. The number of nitrogens with one attached hydrogen (secondary N) is 1. The standard InChI is InChI=1S/C12H15BrN4/c1-8-3-4-9(13)7-10(8)11(16-14)12-15-5-6-17(12)2/h3-7,11,16H,14H2,1-2H3. The molecule has 1 heterocycles. The third kappa shape index (κ3) is 2.41. The number of hydrogen-bond acceptors (Lipinski definition) is 3. The summed E-state index contributed by atoms with van der Waals surface area (Å²) in [5, 5.41) is 0. The molecule has 1 atom stereocenters. The first-order valence-electron chi connectivity index (χ1n) is 5.33. The van der Waals surface area contributed by atoms with Crippen molar-refractivity contribution >= 4 is 15.9 Å². The van der Waals surface area contributed by atoms with E-state index >= 15 is 0 Å². The maximum absolute atomic E-state index is 5.67. The van der Waals surface area contributed by atoms with E-state index in [2.05, 4.69) is 45.4 Å². The van der Waals surface area contributed by atoms with Crippen LogP contribution in [-0.2, 0) is 7.05 Å². The Morgan fingerprint density at radius 3 is 2.82 bits per heavy atom. The molecule has 0 bridgehead atoms. The van der Waals surface area contributed by atoms with Gasteiger partial charge in [0, 0.05) is 23.9 Å². The number of aryl methyl sites for hydroxylation is 2. The molecule has 0 spiro atoms. The van der Waals surface area contributed by atoms with Gasteiger partial charge in [0.25, 0.3) is 0 Å². The smallest absolute Gasteiger partial charge is 0.131 e. The van der Waals surface area contributed by atoms with Crippen LogP contribution < -0.4 is 11.3 Å². The van der Waals surface area contributed by atoms with E-state index in [1.807, 2.05) is 23.9 Å². The lowest BCUT2D eigenvalue weighted by Crippen LogP contribution is -2.31. The van der Waals surface area contributed by atoms with Gasteiger partial charge in [-0.1, -0.05) is 22.0 Å². The number of benzene rings is 1.